The average Bonchev–Trinajstić information content (AvgIpc) is 2.30. The minimum Gasteiger partial charge on any atom is -0.167 e. The highest BCUT2D eigenvalue weighted by Crippen LogP contribution is 2.34. The second-order valence-corrected chi connectivity index (χ2v) is 4.93. The molecule has 1 aromatic rings. The van der Waals surface area contributed by atoms with Crippen molar-refractivity contribution in [3.8, 4) is 0 Å². The summed E-state index contributed by atoms with van der Waals surface area (Å²) in [4.78, 5) is 0. The van der Waals surface area contributed by atoms with Gasteiger partial charge in [-0.2, -0.15) is 24.5 Å². The van der Waals surface area contributed by atoms with Crippen molar-refractivity contribution in [1.29, 1.82) is 0 Å². The summed E-state index contributed by atoms with van der Waals surface area (Å²) in [5.41, 5.74) is 0.586. The van der Waals surface area contributed by atoms with Crippen LogP contribution in [-0.2, 0) is 0 Å². The number of thiophene rings is 1. The van der Waals surface area contributed by atoms with E-state index in [-0.39, 0.29) is 3.58 Å². The van der Waals surface area contributed by atoms with Crippen LogP contribution in [0.3, 0.4) is 0 Å². The molecule has 0 N–H and O–H groups in total. The molecular formula is C7H3BrF3IS. The molecule has 0 spiro atoms. The van der Waals surface area contributed by atoms with Crippen LogP contribution in [0, 0.1) is 0 Å². The van der Waals surface area contributed by atoms with E-state index in [9.17, 15) is 13.2 Å². The monoisotopic (exact) mass is 382 g/mol. The molecule has 0 nitrogen and oxygen atoms in total. The Morgan fingerprint density at radius 1 is 1.46 bits per heavy atom. The molecular weight excluding hydrogens is 380 g/mol. The minimum atomic E-state index is -4.25. The first-order chi connectivity index (χ1) is 5.90. The third kappa shape index (κ3) is 3.59. The Kier molecular flexibility index (Phi) is 3.82. The fourth-order valence-electron chi connectivity index (χ4n) is 0.673. The third-order valence-electron chi connectivity index (χ3n) is 1.16. The Bertz CT molecular complexity index is 329. The molecule has 1 rings (SSSR count). The van der Waals surface area contributed by atoms with Gasteiger partial charge < -0.3 is 0 Å². The van der Waals surface area contributed by atoms with E-state index in [4.69, 9.17) is 0 Å². The van der Waals surface area contributed by atoms with E-state index in [0.29, 0.717) is 16.1 Å². The maximum absolute atomic E-state index is 11.9. The second kappa shape index (κ2) is 4.31. The molecule has 0 aliphatic heterocycles. The average molecular weight is 383 g/mol. The van der Waals surface area contributed by atoms with Gasteiger partial charge in [0.05, 0.1) is 0 Å². The predicted octanol–water partition coefficient (Wildman–Crippen LogP) is 4.85. The Morgan fingerprint density at radius 2 is 2.08 bits per heavy atom. The molecule has 0 aliphatic rings. The van der Waals surface area contributed by atoms with Gasteiger partial charge in [-0.1, -0.05) is 0 Å². The van der Waals surface area contributed by atoms with Crippen molar-refractivity contribution in [3.05, 3.63) is 26.9 Å². The first-order valence-corrected chi connectivity index (χ1v) is 5.89. The molecule has 0 unspecified atom stereocenters. The molecule has 0 amide bonds. The van der Waals surface area contributed by atoms with Gasteiger partial charge in [0.15, 0.2) is 0 Å². The smallest absolute Gasteiger partial charge is 0.167 e. The van der Waals surface area contributed by atoms with E-state index >= 15 is 0 Å². The van der Waals surface area contributed by atoms with Crippen molar-refractivity contribution in [2.45, 2.75) is 6.18 Å². The van der Waals surface area contributed by atoms with Gasteiger partial charge in [-0.25, -0.2) is 0 Å². The molecule has 0 aliphatic carbocycles. The summed E-state index contributed by atoms with van der Waals surface area (Å²) in [5, 5.41) is 3.42. The number of halogens is 5. The Hall–Kier alpha value is 0.440. The van der Waals surface area contributed by atoms with Gasteiger partial charge in [0.1, 0.15) is 0 Å². The van der Waals surface area contributed by atoms with E-state index < -0.39 is 6.18 Å². The zero-order chi connectivity index (χ0) is 10.1. The molecule has 0 atom stereocenters. The van der Waals surface area contributed by atoms with Crippen molar-refractivity contribution in [1.82, 2.24) is 0 Å². The molecule has 6 heteroatoms. The van der Waals surface area contributed by atoms with Crippen LogP contribution in [-0.4, -0.2) is 6.18 Å². The zero-order valence-electron chi connectivity index (χ0n) is 6.03. The van der Waals surface area contributed by atoms with Crippen LogP contribution < -0.4 is 0 Å². The maximum Gasteiger partial charge on any atom is 0.410 e. The Morgan fingerprint density at radius 3 is 2.46 bits per heavy atom. The molecule has 1 heterocycles. The molecule has 0 fully saturated rings. The zero-order valence-corrected chi connectivity index (χ0v) is 10.6. The lowest BCUT2D eigenvalue weighted by Crippen LogP contribution is -2.01. The standard InChI is InChI=1S/C7H3BrF3IS/c8-5-3-13-2-4(5)6(12)1-7(9,10)11/h1-3H/b6-1+. The number of hydrogen-bond donors (Lipinski definition) is 0. The first kappa shape index (κ1) is 11.5. The van der Waals surface area contributed by atoms with E-state index in [0.717, 1.165) is 0 Å². The van der Waals surface area contributed by atoms with Crippen LogP contribution in [0.4, 0.5) is 13.2 Å². The fraction of sp³-hybridized carbons (Fsp3) is 0.143. The molecule has 1 aromatic heterocycles. The Labute approximate surface area is 99.1 Å². The van der Waals surface area contributed by atoms with Crippen molar-refractivity contribution >= 4 is 53.4 Å². The summed E-state index contributed by atoms with van der Waals surface area (Å²) < 4.78 is 36.7. The molecule has 0 radical (unpaired) electrons. The molecule has 0 aromatic carbocycles. The summed E-state index contributed by atoms with van der Waals surface area (Å²) in [5.74, 6) is 0. The molecule has 0 saturated carbocycles. The molecule has 0 saturated heterocycles. The third-order valence-corrected chi connectivity index (χ3v) is 3.76. The summed E-state index contributed by atoms with van der Waals surface area (Å²) in [6, 6.07) is 0. The lowest BCUT2D eigenvalue weighted by Gasteiger charge is -2.01. The van der Waals surface area contributed by atoms with Gasteiger partial charge >= 0.3 is 6.18 Å². The lowest BCUT2D eigenvalue weighted by molar-refractivity contribution is -0.0791. The van der Waals surface area contributed by atoms with E-state index in [2.05, 4.69) is 15.9 Å². The molecule has 72 valence electrons. The topological polar surface area (TPSA) is 0 Å². The Balaban J connectivity index is 2.98. The number of hydrogen-bond acceptors (Lipinski definition) is 1. The van der Waals surface area contributed by atoms with Gasteiger partial charge in [-0.05, 0) is 38.5 Å². The normalized spacial score (nSPS) is 13.5. The van der Waals surface area contributed by atoms with Gasteiger partial charge in [-0.15, -0.1) is 0 Å². The summed E-state index contributed by atoms with van der Waals surface area (Å²) >= 11 is 6.21. The van der Waals surface area contributed by atoms with Crippen molar-refractivity contribution in [2.24, 2.45) is 0 Å². The van der Waals surface area contributed by atoms with Crippen LogP contribution in [0.2, 0.25) is 0 Å². The van der Waals surface area contributed by atoms with Crippen LogP contribution in [0.25, 0.3) is 3.58 Å². The number of alkyl halides is 3. The van der Waals surface area contributed by atoms with Gasteiger partial charge in [0, 0.05) is 30.5 Å². The SMILES string of the molecule is FC(F)(F)/C=C(/I)c1cscc1Br. The lowest BCUT2D eigenvalue weighted by atomic mass is 10.3. The van der Waals surface area contributed by atoms with E-state index in [1.807, 2.05) is 0 Å². The number of allylic oxidation sites excluding steroid dienone is 1. The highest BCUT2D eigenvalue weighted by Gasteiger charge is 2.24. The van der Waals surface area contributed by atoms with Gasteiger partial charge in [0.2, 0.25) is 0 Å². The van der Waals surface area contributed by atoms with Gasteiger partial charge in [0.25, 0.3) is 0 Å². The quantitative estimate of drug-likeness (QED) is 0.609. The second-order valence-electron chi connectivity index (χ2n) is 2.17. The summed E-state index contributed by atoms with van der Waals surface area (Å²) in [6.45, 7) is 0. The largest absolute Gasteiger partial charge is 0.410 e. The number of rotatable bonds is 1. The molecule has 13 heavy (non-hydrogen) atoms. The van der Waals surface area contributed by atoms with Crippen LogP contribution in [0.5, 0.6) is 0 Å². The summed E-state index contributed by atoms with van der Waals surface area (Å²) in [6.07, 6.45) is -3.96. The van der Waals surface area contributed by atoms with Crippen LogP contribution in [0.15, 0.2) is 21.3 Å². The highest BCUT2D eigenvalue weighted by atomic mass is 127. The highest BCUT2D eigenvalue weighted by molar-refractivity contribution is 14.1. The van der Waals surface area contributed by atoms with E-state index in [1.165, 1.54) is 11.3 Å². The maximum atomic E-state index is 11.9. The van der Waals surface area contributed by atoms with E-state index in [1.54, 1.807) is 33.4 Å². The molecule has 0 bridgehead atoms. The van der Waals surface area contributed by atoms with Gasteiger partial charge in [-0.3, -0.25) is 0 Å². The van der Waals surface area contributed by atoms with Crippen molar-refractivity contribution in [3.63, 3.8) is 0 Å². The van der Waals surface area contributed by atoms with Crippen LogP contribution in [0.1, 0.15) is 5.56 Å². The van der Waals surface area contributed by atoms with Crippen LogP contribution >= 0.6 is 49.9 Å². The first-order valence-electron chi connectivity index (χ1n) is 3.07. The minimum absolute atomic E-state index is 0.193. The van der Waals surface area contributed by atoms with Crippen molar-refractivity contribution in [2.75, 3.05) is 0 Å². The summed E-state index contributed by atoms with van der Waals surface area (Å²) in [7, 11) is 0. The fourth-order valence-corrected chi connectivity index (χ4v) is 3.56. The van der Waals surface area contributed by atoms with Crippen molar-refractivity contribution < 1.29 is 13.2 Å². The predicted molar refractivity (Wildman–Crippen MR) is 60.1 cm³/mol.